The van der Waals surface area contributed by atoms with Gasteiger partial charge in [-0.25, -0.2) is 0 Å². The molecule has 7 heteroatoms. The Hall–Kier alpha value is -1.18. The van der Waals surface area contributed by atoms with Crippen LogP contribution in [0.3, 0.4) is 0 Å². The molecule has 0 radical (unpaired) electrons. The van der Waals surface area contributed by atoms with Gasteiger partial charge in [0.05, 0.1) is 24.7 Å². The number of rotatable bonds is 6. The minimum atomic E-state index is -1.01. The maximum atomic E-state index is 12.8. The van der Waals surface area contributed by atoms with Gasteiger partial charge in [0.15, 0.2) is 0 Å². The van der Waals surface area contributed by atoms with Gasteiger partial charge in [0, 0.05) is 13.0 Å². The third kappa shape index (κ3) is 4.32. The number of aliphatic hydroxyl groups excluding tert-OH is 2. The summed E-state index contributed by atoms with van der Waals surface area (Å²) in [7, 11) is 5.27. The van der Waals surface area contributed by atoms with E-state index in [1.165, 1.54) is 7.11 Å². The van der Waals surface area contributed by atoms with Crippen molar-refractivity contribution in [2.75, 3.05) is 34.4 Å². The van der Waals surface area contributed by atoms with Crippen LogP contribution >= 0.6 is 0 Å². The van der Waals surface area contributed by atoms with Gasteiger partial charge in [0.1, 0.15) is 6.61 Å². The summed E-state index contributed by atoms with van der Waals surface area (Å²) < 4.78 is 10.6. The molecule has 0 aromatic carbocycles. The summed E-state index contributed by atoms with van der Waals surface area (Å²) in [4.78, 5) is 27.2. The molecule has 7 nitrogen and oxygen atoms in total. The normalized spacial score (nSPS) is 43.8. The molecule has 0 bridgehead atoms. The molecule has 3 saturated carbocycles. The standard InChI is InChI=1S/C25H43NO6/c1-15-16(13-21(29)32-12-11-26(4)5)7-8-17-22(15)18(27)14-19-24(17,2)10-9-20(28)25(19,3)23(30)31-6/h15-20,22,27-28H,7-14H2,1-6H3/t15?,16?,17?,18?,19-,20?,22+,24-,25+/m1/s1. The molecule has 0 aliphatic heterocycles. The van der Waals surface area contributed by atoms with Crippen molar-refractivity contribution < 1.29 is 29.3 Å². The van der Waals surface area contributed by atoms with Crippen LogP contribution in [0.25, 0.3) is 0 Å². The van der Waals surface area contributed by atoms with Gasteiger partial charge in [0.25, 0.3) is 0 Å². The first-order valence-corrected chi connectivity index (χ1v) is 12.2. The SMILES string of the molecule is COC(=O)[C@]1(C)C(O)CC[C@]2(C)C3CCC(CC(=O)OCCN(C)C)C(C)[C@@H]3C(O)C[C@H]21. The highest BCUT2D eigenvalue weighted by Crippen LogP contribution is 2.65. The van der Waals surface area contributed by atoms with E-state index in [1.807, 2.05) is 25.9 Å². The lowest BCUT2D eigenvalue weighted by Gasteiger charge is -2.64. The van der Waals surface area contributed by atoms with Crippen LogP contribution in [0.15, 0.2) is 0 Å². The highest BCUT2D eigenvalue weighted by atomic mass is 16.5. The number of nitrogens with zero attached hydrogens (tertiary/aromatic N) is 1. The van der Waals surface area contributed by atoms with Crippen LogP contribution in [-0.2, 0) is 19.1 Å². The second-order valence-electron chi connectivity index (χ2n) is 11.3. The van der Waals surface area contributed by atoms with Crippen LogP contribution in [0, 0.1) is 40.4 Å². The molecule has 3 aliphatic rings. The Balaban J connectivity index is 1.76. The van der Waals surface area contributed by atoms with Crippen molar-refractivity contribution in [1.82, 2.24) is 4.90 Å². The second-order valence-corrected chi connectivity index (χ2v) is 11.3. The van der Waals surface area contributed by atoms with Crippen molar-refractivity contribution in [1.29, 1.82) is 0 Å². The Morgan fingerprint density at radius 1 is 1.12 bits per heavy atom. The zero-order chi connectivity index (χ0) is 23.8. The van der Waals surface area contributed by atoms with Crippen molar-refractivity contribution >= 4 is 11.9 Å². The number of likely N-dealkylation sites (N-methyl/N-ethyl adjacent to an activating group) is 1. The molecule has 184 valence electrons. The van der Waals surface area contributed by atoms with Crippen LogP contribution < -0.4 is 0 Å². The lowest BCUT2D eigenvalue weighted by atomic mass is 9.41. The molecule has 0 amide bonds. The van der Waals surface area contributed by atoms with Gasteiger partial charge in [-0.1, -0.05) is 13.8 Å². The summed E-state index contributed by atoms with van der Waals surface area (Å²) in [5, 5.41) is 22.1. The van der Waals surface area contributed by atoms with Crippen LogP contribution in [-0.4, -0.2) is 73.6 Å². The molecule has 0 aromatic heterocycles. The maximum absolute atomic E-state index is 12.8. The van der Waals surface area contributed by atoms with Gasteiger partial charge in [-0.2, -0.15) is 0 Å². The Morgan fingerprint density at radius 2 is 1.81 bits per heavy atom. The van der Waals surface area contributed by atoms with Crippen molar-refractivity contribution in [2.45, 2.75) is 71.5 Å². The summed E-state index contributed by atoms with van der Waals surface area (Å²) >= 11 is 0. The van der Waals surface area contributed by atoms with Crippen molar-refractivity contribution in [3.63, 3.8) is 0 Å². The number of ether oxygens (including phenoxy) is 2. The minimum Gasteiger partial charge on any atom is -0.469 e. The van der Waals surface area contributed by atoms with Gasteiger partial charge >= 0.3 is 11.9 Å². The second kappa shape index (κ2) is 9.59. The van der Waals surface area contributed by atoms with E-state index in [0.29, 0.717) is 32.4 Å². The number of hydrogen-bond donors (Lipinski definition) is 2. The van der Waals surface area contributed by atoms with E-state index in [1.54, 1.807) is 0 Å². The Morgan fingerprint density at radius 3 is 2.44 bits per heavy atom. The van der Waals surface area contributed by atoms with Gasteiger partial charge < -0.3 is 24.6 Å². The first kappa shape index (κ1) is 25.4. The minimum absolute atomic E-state index is 0.0849. The molecular weight excluding hydrogens is 410 g/mol. The molecule has 2 N–H and O–H groups in total. The highest BCUT2D eigenvalue weighted by molar-refractivity contribution is 5.78. The summed E-state index contributed by atoms with van der Waals surface area (Å²) in [5.74, 6) is 0.0512. The quantitative estimate of drug-likeness (QED) is 0.597. The third-order valence-electron chi connectivity index (χ3n) is 9.46. The molecule has 0 saturated heterocycles. The van der Waals surface area contributed by atoms with Gasteiger partial charge in [-0.05, 0) is 88.1 Å². The number of carbonyl (C=O) groups excluding carboxylic acids is 2. The Kier molecular flexibility index (Phi) is 7.63. The number of carbonyl (C=O) groups is 2. The van der Waals surface area contributed by atoms with E-state index >= 15 is 0 Å². The van der Waals surface area contributed by atoms with Crippen molar-refractivity contribution in [2.24, 2.45) is 40.4 Å². The zero-order valence-electron chi connectivity index (χ0n) is 20.7. The van der Waals surface area contributed by atoms with Crippen LogP contribution in [0.2, 0.25) is 0 Å². The predicted molar refractivity (Wildman–Crippen MR) is 121 cm³/mol. The average molecular weight is 454 g/mol. The summed E-state index contributed by atoms with van der Waals surface area (Å²) in [6.07, 6.45) is 2.78. The topological polar surface area (TPSA) is 96.3 Å². The average Bonchev–Trinajstić information content (AvgIpc) is 2.73. The summed E-state index contributed by atoms with van der Waals surface area (Å²) in [6, 6.07) is 0. The van der Waals surface area contributed by atoms with Gasteiger partial charge in [-0.3, -0.25) is 9.59 Å². The monoisotopic (exact) mass is 453 g/mol. The molecule has 0 heterocycles. The van der Waals surface area contributed by atoms with Gasteiger partial charge in [0.2, 0.25) is 0 Å². The molecule has 32 heavy (non-hydrogen) atoms. The number of aliphatic hydroxyl groups is 2. The fourth-order valence-corrected chi connectivity index (χ4v) is 7.51. The van der Waals surface area contributed by atoms with E-state index in [2.05, 4.69) is 13.8 Å². The molecule has 0 aromatic rings. The lowest BCUT2D eigenvalue weighted by Crippen LogP contribution is -2.64. The van der Waals surface area contributed by atoms with Crippen molar-refractivity contribution in [3.05, 3.63) is 0 Å². The number of hydrogen-bond acceptors (Lipinski definition) is 7. The van der Waals surface area contributed by atoms with Crippen LogP contribution in [0.4, 0.5) is 0 Å². The van der Waals surface area contributed by atoms with Crippen molar-refractivity contribution in [3.8, 4) is 0 Å². The van der Waals surface area contributed by atoms with E-state index in [0.717, 1.165) is 19.3 Å². The van der Waals surface area contributed by atoms with Crippen LogP contribution in [0.1, 0.15) is 59.3 Å². The molecule has 0 spiro atoms. The maximum Gasteiger partial charge on any atom is 0.314 e. The predicted octanol–water partition coefficient (Wildman–Crippen LogP) is 2.48. The molecular formula is C25H43NO6. The zero-order valence-corrected chi connectivity index (χ0v) is 20.7. The summed E-state index contributed by atoms with van der Waals surface area (Å²) in [6.45, 7) is 7.34. The molecule has 3 aliphatic carbocycles. The smallest absolute Gasteiger partial charge is 0.314 e. The van der Waals surface area contributed by atoms with E-state index in [9.17, 15) is 19.8 Å². The fraction of sp³-hybridized carbons (Fsp3) is 0.920. The highest BCUT2D eigenvalue weighted by Gasteiger charge is 2.65. The first-order chi connectivity index (χ1) is 15.0. The molecule has 9 atom stereocenters. The Bertz CT molecular complexity index is 698. The fourth-order valence-electron chi connectivity index (χ4n) is 7.51. The molecule has 5 unspecified atom stereocenters. The number of fused-ring (bicyclic) bond motifs is 3. The molecule has 3 rings (SSSR count). The third-order valence-corrected chi connectivity index (χ3v) is 9.46. The first-order valence-electron chi connectivity index (χ1n) is 12.2. The Labute approximate surface area is 192 Å². The van der Waals surface area contributed by atoms with Gasteiger partial charge in [-0.15, -0.1) is 0 Å². The van der Waals surface area contributed by atoms with E-state index < -0.39 is 17.6 Å². The van der Waals surface area contributed by atoms with Crippen LogP contribution in [0.5, 0.6) is 0 Å². The number of esters is 2. The van der Waals surface area contributed by atoms with E-state index in [-0.39, 0.29) is 46.9 Å². The molecule has 3 fully saturated rings. The number of methoxy groups -OCH3 is 1. The van der Waals surface area contributed by atoms with E-state index in [4.69, 9.17) is 9.47 Å². The lowest BCUT2D eigenvalue weighted by molar-refractivity contribution is -0.218. The summed E-state index contributed by atoms with van der Waals surface area (Å²) in [5.41, 5.74) is -1.17. The largest absolute Gasteiger partial charge is 0.469 e.